The lowest BCUT2D eigenvalue weighted by Gasteiger charge is -2.10. The molecule has 1 aromatic carbocycles. The second-order valence-electron chi connectivity index (χ2n) is 5.71. The summed E-state index contributed by atoms with van der Waals surface area (Å²) in [6.07, 6.45) is 2.25. The molecule has 0 spiro atoms. The van der Waals surface area contributed by atoms with Crippen molar-refractivity contribution in [2.24, 2.45) is 7.05 Å². The number of aryl methyl sites for hydroxylation is 1. The van der Waals surface area contributed by atoms with Crippen molar-refractivity contribution >= 4 is 5.91 Å². The Hall–Kier alpha value is -3.22. The number of furan rings is 1. The number of ether oxygens (including phenoxy) is 2. The van der Waals surface area contributed by atoms with E-state index in [-0.39, 0.29) is 5.91 Å². The third-order valence-corrected chi connectivity index (χ3v) is 4.03. The molecule has 7 heteroatoms. The molecule has 136 valence electrons. The molecular formula is C19H21N3O4. The van der Waals surface area contributed by atoms with Gasteiger partial charge in [0.05, 0.1) is 20.5 Å². The van der Waals surface area contributed by atoms with Gasteiger partial charge in [0.2, 0.25) is 0 Å². The highest BCUT2D eigenvalue weighted by atomic mass is 16.5. The normalized spacial score (nSPS) is 10.6. The summed E-state index contributed by atoms with van der Waals surface area (Å²) in [7, 11) is 4.93. The van der Waals surface area contributed by atoms with E-state index < -0.39 is 0 Å². The number of hydrogen-bond acceptors (Lipinski definition) is 5. The molecule has 0 aliphatic heterocycles. The molecule has 0 atom stereocenters. The number of nitrogens with zero attached hydrogens (tertiary/aromatic N) is 2. The number of methoxy groups -OCH3 is 2. The van der Waals surface area contributed by atoms with E-state index in [2.05, 4.69) is 10.4 Å². The average Bonchev–Trinajstić information content (AvgIpc) is 3.31. The predicted molar refractivity (Wildman–Crippen MR) is 96.5 cm³/mol. The molecule has 0 saturated heterocycles. The van der Waals surface area contributed by atoms with Crippen molar-refractivity contribution in [1.29, 1.82) is 0 Å². The van der Waals surface area contributed by atoms with Gasteiger partial charge in [-0.15, -0.1) is 0 Å². The van der Waals surface area contributed by atoms with Crippen molar-refractivity contribution < 1.29 is 18.7 Å². The fourth-order valence-electron chi connectivity index (χ4n) is 2.67. The molecule has 7 nitrogen and oxygen atoms in total. The van der Waals surface area contributed by atoms with Crippen molar-refractivity contribution in [3.63, 3.8) is 0 Å². The van der Waals surface area contributed by atoms with E-state index in [0.717, 1.165) is 5.56 Å². The lowest BCUT2D eigenvalue weighted by molar-refractivity contribution is 0.0944. The van der Waals surface area contributed by atoms with Gasteiger partial charge in [-0.05, 0) is 36.2 Å². The molecule has 3 aromatic rings. The van der Waals surface area contributed by atoms with Crippen LogP contribution in [-0.2, 0) is 13.5 Å². The number of benzene rings is 1. The van der Waals surface area contributed by atoms with Crippen LogP contribution in [0.4, 0.5) is 0 Å². The largest absolute Gasteiger partial charge is 0.493 e. The molecule has 0 aliphatic carbocycles. The summed E-state index contributed by atoms with van der Waals surface area (Å²) in [5.41, 5.74) is 2.15. The number of hydrogen-bond donors (Lipinski definition) is 1. The van der Waals surface area contributed by atoms with Crippen LogP contribution in [0.25, 0.3) is 11.5 Å². The number of carbonyl (C=O) groups is 1. The highest BCUT2D eigenvalue weighted by Crippen LogP contribution is 2.27. The van der Waals surface area contributed by atoms with E-state index in [1.165, 1.54) is 0 Å². The van der Waals surface area contributed by atoms with Gasteiger partial charge in [0, 0.05) is 19.7 Å². The second-order valence-corrected chi connectivity index (χ2v) is 5.71. The molecule has 0 radical (unpaired) electrons. The van der Waals surface area contributed by atoms with E-state index in [9.17, 15) is 4.79 Å². The number of rotatable bonds is 7. The molecule has 1 N–H and O–H groups in total. The van der Waals surface area contributed by atoms with Gasteiger partial charge >= 0.3 is 0 Å². The minimum Gasteiger partial charge on any atom is -0.493 e. The Kier molecular flexibility index (Phi) is 5.26. The fourth-order valence-corrected chi connectivity index (χ4v) is 2.67. The smallest absolute Gasteiger partial charge is 0.269 e. The third kappa shape index (κ3) is 3.72. The Morgan fingerprint density at radius 1 is 1.19 bits per heavy atom. The first-order valence-corrected chi connectivity index (χ1v) is 8.19. The molecule has 0 fully saturated rings. The van der Waals surface area contributed by atoms with Gasteiger partial charge in [-0.3, -0.25) is 9.48 Å². The van der Waals surface area contributed by atoms with E-state index >= 15 is 0 Å². The van der Waals surface area contributed by atoms with Crippen LogP contribution < -0.4 is 14.8 Å². The van der Waals surface area contributed by atoms with Crippen LogP contribution in [0, 0.1) is 0 Å². The quantitative estimate of drug-likeness (QED) is 0.705. The molecule has 1 amide bonds. The summed E-state index contributed by atoms with van der Waals surface area (Å²) < 4.78 is 17.4. The first-order valence-electron chi connectivity index (χ1n) is 8.19. The summed E-state index contributed by atoms with van der Waals surface area (Å²) in [5.74, 6) is 1.80. The Balaban J connectivity index is 1.61. The summed E-state index contributed by atoms with van der Waals surface area (Å²) >= 11 is 0. The second kappa shape index (κ2) is 7.77. The van der Waals surface area contributed by atoms with Crippen molar-refractivity contribution in [2.75, 3.05) is 20.8 Å². The van der Waals surface area contributed by atoms with Crippen LogP contribution in [-0.4, -0.2) is 36.5 Å². The lowest BCUT2D eigenvalue weighted by atomic mass is 10.1. The Morgan fingerprint density at radius 3 is 2.69 bits per heavy atom. The SMILES string of the molecule is COc1ccc(CCNC(=O)c2cc(-c3ccco3)nn2C)cc1OC. The zero-order valence-electron chi connectivity index (χ0n) is 15.0. The minimum absolute atomic E-state index is 0.182. The maximum atomic E-state index is 12.4. The van der Waals surface area contributed by atoms with Gasteiger partial charge in [-0.25, -0.2) is 0 Å². The molecule has 0 saturated carbocycles. The maximum Gasteiger partial charge on any atom is 0.269 e. The van der Waals surface area contributed by atoms with Crippen LogP contribution in [0.2, 0.25) is 0 Å². The minimum atomic E-state index is -0.182. The average molecular weight is 355 g/mol. The molecule has 0 bridgehead atoms. The van der Waals surface area contributed by atoms with Crippen LogP contribution >= 0.6 is 0 Å². The monoisotopic (exact) mass is 355 g/mol. The molecule has 2 aromatic heterocycles. The molecule has 2 heterocycles. The first kappa shape index (κ1) is 17.6. The molecule has 0 unspecified atom stereocenters. The first-order chi connectivity index (χ1) is 12.6. The standard InChI is InChI=1S/C19H21N3O4/c1-22-15(12-14(21-22)16-5-4-10-26-16)19(23)20-9-8-13-6-7-17(24-2)18(11-13)25-3/h4-7,10-12H,8-9H2,1-3H3,(H,20,23). The van der Waals surface area contributed by atoms with Gasteiger partial charge in [0.15, 0.2) is 17.3 Å². The van der Waals surface area contributed by atoms with E-state index in [1.807, 2.05) is 18.2 Å². The van der Waals surface area contributed by atoms with Crippen molar-refractivity contribution in [1.82, 2.24) is 15.1 Å². The summed E-state index contributed by atoms with van der Waals surface area (Å²) in [5, 5.41) is 7.22. The van der Waals surface area contributed by atoms with Gasteiger partial charge in [0.25, 0.3) is 5.91 Å². The highest BCUT2D eigenvalue weighted by molar-refractivity contribution is 5.93. The molecule has 3 rings (SSSR count). The van der Waals surface area contributed by atoms with Gasteiger partial charge in [-0.2, -0.15) is 5.10 Å². The molecular weight excluding hydrogens is 334 g/mol. The number of aromatic nitrogens is 2. The third-order valence-electron chi connectivity index (χ3n) is 4.03. The zero-order chi connectivity index (χ0) is 18.5. The zero-order valence-corrected chi connectivity index (χ0v) is 15.0. The van der Waals surface area contributed by atoms with Crippen molar-refractivity contribution in [3.05, 3.63) is 53.9 Å². The molecule has 26 heavy (non-hydrogen) atoms. The summed E-state index contributed by atoms with van der Waals surface area (Å²) in [6.45, 7) is 0.496. The Morgan fingerprint density at radius 2 is 2.00 bits per heavy atom. The maximum absolute atomic E-state index is 12.4. The highest BCUT2D eigenvalue weighted by Gasteiger charge is 2.15. The number of nitrogens with one attached hydrogen (secondary N) is 1. The topological polar surface area (TPSA) is 78.5 Å². The van der Waals surface area contributed by atoms with E-state index in [0.29, 0.717) is 41.6 Å². The lowest BCUT2D eigenvalue weighted by Crippen LogP contribution is -2.27. The van der Waals surface area contributed by atoms with Crippen LogP contribution in [0.3, 0.4) is 0 Å². The van der Waals surface area contributed by atoms with Crippen molar-refractivity contribution in [2.45, 2.75) is 6.42 Å². The van der Waals surface area contributed by atoms with E-state index in [4.69, 9.17) is 13.9 Å². The van der Waals surface area contributed by atoms with Gasteiger partial charge in [0.1, 0.15) is 11.4 Å². The van der Waals surface area contributed by atoms with Gasteiger partial charge in [-0.1, -0.05) is 6.07 Å². The summed E-state index contributed by atoms with van der Waals surface area (Å²) in [4.78, 5) is 12.4. The van der Waals surface area contributed by atoms with Crippen LogP contribution in [0.1, 0.15) is 16.1 Å². The number of amides is 1. The van der Waals surface area contributed by atoms with Crippen molar-refractivity contribution in [3.8, 4) is 23.0 Å². The fraction of sp³-hybridized carbons (Fsp3) is 0.263. The predicted octanol–water partition coefficient (Wildman–Crippen LogP) is 2.67. The van der Waals surface area contributed by atoms with Gasteiger partial charge < -0.3 is 19.2 Å². The van der Waals surface area contributed by atoms with Crippen LogP contribution in [0.15, 0.2) is 47.1 Å². The Bertz CT molecular complexity index is 884. The van der Waals surface area contributed by atoms with E-state index in [1.54, 1.807) is 50.4 Å². The number of carbonyl (C=O) groups excluding carboxylic acids is 1. The summed E-state index contributed by atoms with van der Waals surface area (Å²) in [6, 6.07) is 11.0. The van der Waals surface area contributed by atoms with Crippen LogP contribution in [0.5, 0.6) is 11.5 Å². The Labute approximate surface area is 151 Å². The molecule has 0 aliphatic rings.